The molecule has 2 rings (SSSR count). The van der Waals surface area contributed by atoms with E-state index in [-0.39, 0.29) is 17.5 Å². The van der Waals surface area contributed by atoms with Crippen molar-refractivity contribution in [2.45, 2.75) is 13.0 Å². The van der Waals surface area contributed by atoms with Gasteiger partial charge in [0.15, 0.2) is 0 Å². The van der Waals surface area contributed by atoms with Crippen molar-refractivity contribution in [2.75, 3.05) is 5.32 Å². The van der Waals surface area contributed by atoms with Gasteiger partial charge in [-0.15, -0.1) is 0 Å². The predicted octanol–water partition coefficient (Wildman–Crippen LogP) is 4.67. The zero-order chi connectivity index (χ0) is 14.7. The van der Waals surface area contributed by atoms with Gasteiger partial charge in [0, 0.05) is 27.9 Å². The Bertz CT molecular complexity index is 649. The fourth-order valence-electron chi connectivity index (χ4n) is 1.87. The average Bonchev–Trinajstić information content (AvgIpc) is 2.41. The van der Waals surface area contributed by atoms with Gasteiger partial charge in [-0.3, -0.25) is 10.1 Å². The van der Waals surface area contributed by atoms with E-state index in [0.717, 1.165) is 0 Å². The van der Waals surface area contributed by atoms with Crippen molar-refractivity contribution in [1.29, 1.82) is 0 Å². The minimum absolute atomic E-state index is 0.000898. The van der Waals surface area contributed by atoms with Gasteiger partial charge in [0.1, 0.15) is 5.82 Å². The number of hydrogen-bond acceptors (Lipinski definition) is 3. The first-order valence-corrected chi connectivity index (χ1v) is 6.73. The molecule has 1 unspecified atom stereocenters. The van der Waals surface area contributed by atoms with Gasteiger partial charge in [0.05, 0.1) is 11.0 Å². The van der Waals surface area contributed by atoms with Crippen molar-refractivity contribution in [3.05, 3.63) is 68.4 Å². The van der Waals surface area contributed by atoms with Crippen LogP contribution in [0.1, 0.15) is 18.5 Å². The van der Waals surface area contributed by atoms with E-state index in [4.69, 9.17) is 0 Å². The Kier molecular flexibility index (Phi) is 4.34. The van der Waals surface area contributed by atoms with Crippen molar-refractivity contribution < 1.29 is 9.31 Å². The maximum atomic E-state index is 13.7. The number of hydrogen-bond donors (Lipinski definition) is 1. The molecule has 0 bridgehead atoms. The van der Waals surface area contributed by atoms with E-state index in [2.05, 4.69) is 21.2 Å². The van der Waals surface area contributed by atoms with Gasteiger partial charge in [-0.25, -0.2) is 4.39 Å². The van der Waals surface area contributed by atoms with Crippen LogP contribution in [0.5, 0.6) is 0 Å². The number of nitrogens with zero attached hydrogens (tertiary/aromatic N) is 1. The molecule has 0 aliphatic carbocycles. The lowest BCUT2D eigenvalue weighted by Gasteiger charge is -2.17. The summed E-state index contributed by atoms with van der Waals surface area (Å²) in [4.78, 5) is 10.2. The standard InChI is InChI=1S/C14H12BrFN2O2/c1-9(11-4-2-3-5-13(11)16)17-14-7-6-10(18(19)20)8-12(14)15/h2-9,17H,1H3. The van der Waals surface area contributed by atoms with Gasteiger partial charge < -0.3 is 5.32 Å². The van der Waals surface area contributed by atoms with Crippen LogP contribution in [0.3, 0.4) is 0 Å². The second-order valence-corrected chi connectivity index (χ2v) is 5.16. The molecule has 0 aliphatic rings. The molecular formula is C14H12BrFN2O2. The van der Waals surface area contributed by atoms with E-state index < -0.39 is 4.92 Å². The molecule has 2 aromatic carbocycles. The van der Waals surface area contributed by atoms with Crippen LogP contribution < -0.4 is 5.32 Å². The third kappa shape index (κ3) is 3.14. The summed E-state index contributed by atoms with van der Waals surface area (Å²) in [5.41, 5.74) is 1.21. The summed E-state index contributed by atoms with van der Waals surface area (Å²) in [6, 6.07) is 10.7. The minimum Gasteiger partial charge on any atom is -0.377 e. The monoisotopic (exact) mass is 338 g/mol. The van der Waals surface area contributed by atoms with E-state index in [1.165, 1.54) is 18.2 Å². The lowest BCUT2D eigenvalue weighted by Crippen LogP contribution is -2.09. The normalized spacial score (nSPS) is 11.9. The Morgan fingerprint density at radius 3 is 2.60 bits per heavy atom. The number of anilines is 1. The number of benzene rings is 2. The lowest BCUT2D eigenvalue weighted by molar-refractivity contribution is -0.384. The highest BCUT2D eigenvalue weighted by molar-refractivity contribution is 9.10. The first-order chi connectivity index (χ1) is 9.49. The van der Waals surface area contributed by atoms with Crippen LogP contribution in [0.15, 0.2) is 46.9 Å². The summed E-state index contributed by atoms with van der Waals surface area (Å²) in [5, 5.41) is 13.8. The number of halogens is 2. The Hall–Kier alpha value is -1.95. The van der Waals surface area contributed by atoms with Gasteiger partial charge in [-0.2, -0.15) is 0 Å². The Balaban J connectivity index is 2.22. The summed E-state index contributed by atoms with van der Waals surface area (Å²) in [6.07, 6.45) is 0. The molecule has 1 atom stereocenters. The second-order valence-electron chi connectivity index (χ2n) is 4.31. The zero-order valence-corrected chi connectivity index (χ0v) is 12.2. The van der Waals surface area contributed by atoms with Crippen molar-refractivity contribution in [1.82, 2.24) is 0 Å². The summed E-state index contributed by atoms with van der Waals surface area (Å²) >= 11 is 3.27. The molecule has 1 N–H and O–H groups in total. The molecule has 0 aliphatic heterocycles. The molecule has 2 aromatic rings. The lowest BCUT2D eigenvalue weighted by atomic mass is 10.1. The summed E-state index contributed by atoms with van der Waals surface area (Å²) in [6.45, 7) is 1.83. The third-order valence-corrected chi connectivity index (χ3v) is 3.56. The third-order valence-electron chi connectivity index (χ3n) is 2.91. The predicted molar refractivity (Wildman–Crippen MR) is 79.2 cm³/mol. The van der Waals surface area contributed by atoms with E-state index in [0.29, 0.717) is 15.7 Å². The topological polar surface area (TPSA) is 55.2 Å². The van der Waals surface area contributed by atoms with Crippen LogP contribution in [-0.2, 0) is 0 Å². The van der Waals surface area contributed by atoms with Gasteiger partial charge >= 0.3 is 0 Å². The van der Waals surface area contributed by atoms with Crippen LogP contribution in [0.4, 0.5) is 15.8 Å². The quantitative estimate of drug-likeness (QED) is 0.651. The van der Waals surface area contributed by atoms with Gasteiger partial charge in [-0.1, -0.05) is 18.2 Å². The number of rotatable bonds is 4. The number of nitro benzene ring substituents is 1. The molecule has 0 spiro atoms. The molecule has 6 heteroatoms. The number of nitrogens with one attached hydrogen (secondary N) is 1. The van der Waals surface area contributed by atoms with Crippen LogP contribution in [0, 0.1) is 15.9 Å². The van der Waals surface area contributed by atoms with E-state index in [1.807, 2.05) is 6.92 Å². The largest absolute Gasteiger partial charge is 0.377 e. The van der Waals surface area contributed by atoms with Crippen molar-refractivity contribution >= 4 is 27.3 Å². The zero-order valence-electron chi connectivity index (χ0n) is 10.6. The molecule has 0 saturated heterocycles. The minimum atomic E-state index is -0.463. The highest BCUT2D eigenvalue weighted by Gasteiger charge is 2.13. The maximum absolute atomic E-state index is 13.7. The maximum Gasteiger partial charge on any atom is 0.270 e. The average molecular weight is 339 g/mol. The molecule has 4 nitrogen and oxygen atoms in total. The molecule has 20 heavy (non-hydrogen) atoms. The smallest absolute Gasteiger partial charge is 0.270 e. The first-order valence-electron chi connectivity index (χ1n) is 5.94. The van der Waals surface area contributed by atoms with Crippen LogP contribution in [0.2, 0.25) is 0 Å². The molecule has 0 radical (unpaired) electrons. The number of non-ortho nitro benzene ring substituents is 1. The summed E-state index contributed by atoms with van der Waals surface area (Å²) < 4.78 is 14.2. The number of nitro groups is 1. The molecule has 0 fully saturated rings. The Morgan fingerprint density at radius 2 is 2.00 bits per heavy atom. The molecule has 0 saturated carbocycles. The van der Waals surface area contributed by atoms with Gasteiger partial charge in [0.25, 0.3) is 5.69 Å². The van der Waals surface area contributed by atoms with E-state index in [9.17, 15) is 14.5 Å². The van der Waals surface area contributed by atoms with Gasteiger partial charge in [-0.05, 0) is 35.0 Å². The van der Waals surface area contributed by atoms with Crippen LogP contribution >= 0.6 is 15.9 Å². The molecular weight excluding hydrogens is 327 g/mol. The molecule has 0 aromatic heterocycles. The van der Waals surface area contributed by atoms with Crippen molar-refractivity contribution in [3.63, 3.8) is 0 Å². The van der Waals surface area contributed by atoms with Crippen LogP contribution in [0.25, 0.3) is 0 Å². The first kappa shape index (κ1) is 14.5. The summed E-state index contributed by atoms with van der Waals surface area (Å²) in [5.74, 6) is -0.287. The van der Waals surface area contributed by atoms with E-state index >= 15 is 0 Å². The highest BCUT2D eigenvalue weighted by Crippen LogP contribution is 2.30. The second kappa shape index (κ2) is 6.00. The summed E-state index contributed by atoms with van der Waals surface area (Å²) in [7, 11) is 0. The SMILES string of the molecule is CC(Nc1ccc([N+](=O)[O-])cc1Br)c1ccccc1F. The molecule has 0 heterocycles. The highest BCUT2D eigenvalue weighted by atomic mass is 79.9. The Morgan fingerprint density at radius 1 is 1.30 bits per heavy atom. The molecule has 0 amide bonds. The fourth-order valence-corrected chi connectivity index (χ4v) is 2.35. The van der Waals surface area contributed by atoms with Crippen LogP contribution in [-0.4, -0.2) is 4.92 Å². The van der Waals surface area contributed by atoms with Crippen molar-refractivity contribution in [3.8, 4) is 0 Å². The Labute approximate surface area is 123 Å². The van der Waals surface area contributed by atoms with E-state index in [1.54, 1.807) is 24.3 Å². The molecule has 104 valence electrons. The fraction of sp³-hybridized carbons (Fsp3) is 0.143. The van der Waals surface area contributed by atoms with Crippen molar-refractivity contribution in [2.24, 2.45) is 0 Å². The van der Waals surface area contributed by atoms with Gasteiger partial charge in [0.2, 0.25) is 0 Å².